The maximum absolute atomic E-state index is 11.4. The van der Waals surface area contributed by atoms with Crippen LogP contribution in [0.3, 0.4) is 0 Å². The van der Waals surface area contributed by atoms with Crippen molar-refractivity contribution in [3.63, 3.8) is 0 Å². The topological polar surface area (TPSA) is 79.9 Å². The number of benzene rings is 1. The Balaban J connectivity index is 1.75. The fourth-order valence-electron chi connectivity index (χ4n) is 1.30. The van der Waals surface area contributed by atoms with Crippen LogP contribution >= 0.6 is 11.6 Å². The molecule has 0 aliphatic rings. The Bertz CT molecular complexity index is 516. The summed E-state index contributed by atoms with van der Waals surface area (Å²) in [5.74, 6) is -0.0138. The third-order valence-corrected chi connectivity index (χ3v) is 2.49. The number of hydrogen-bond acceptors (Lipinski definition) is 4. The van der Waals surface area contributed by atoms with Gasteiger partial charge in [0.05, 0.1) is 6.61 Å². The lowest BCUT2D eigenvalue weighted by molar-refractivity contribution is -0.121. The first-order chi connectivity index (χ1) is 8.75. The number of halogens is 1. The molecular formula is C11H11ClN4O2. The van der Waals surface area contributed by atoms with Crippen molar-refractivity contribution in [2.24, 2.45) is 0 Å². The number of amides is 1. The molecule has 2 N–H and O–H groups in total. The minimum atomic E-state index is -0.307. The number of ether oxygens (including phenoxy) is 1. The molecule has 0 fully saturated rings. The van der Waals surface area contributed by atoms with E-state index < -0.39 is 0 Å². The van der Waals surface area contributed by atoms with Crippen molar-refractivity contribution in [2.45, 2.75) is 6.61 Å². The summed E-state index contributed by atoms with van der Waals surface area (Å²) < 4.78 is 5.25. The molecule has 2 rings (SSSR count). The zero-order chi connectivity index (χ0) is 12.8. The van der Waals surface area contributed by atoms with Gasteiger partial charge in [-0.2, -0.15) is 10.1 Å². The molecule has 0 unspecified atom stereocenters. The number of aromatic nitrogens is 3. The van der Waals surface area contributed by atoms with Crippen LogP contribution in [-0.4, -0.2) is 27.7 Å². The number of nitrogens with one attached hydrogen (secondary N) is 2. The molecule has 0 saturated carbocycles. The van der Waals surface area contributed by atoms with E-state index in [1.54, 1.807) is 6.07 Å². The summed E-state index contributed by atoms with van der Waals surface area (Å²) >= 11 is 5.95. The van der Waals surface area contributed by atoms with Crippen molar-refractivity contribution in [2.75, 3.05) is 11.9 Å². The van der Waals surface area contributed by atoms with Gasteiger partial charge in [0, 0.05) is 5.02 Å². The lowest BCUT2D eigenvalue weighted by Gasteiger charge is -2.05. The highest BCUT2D eigenvalue weighted by Crippen LogP contribution is 2.15. The maximum Gasteiger partial charge on any atom is 0.252 e. The van der Waals surface area contributed by atoms with Gasteiger partial charge in [-0.15, -0.1) is 0 Å². The van der Waals surface area contributed by atoms with Crippen LogP contribution < -0.4 is 5.32 Å². The number of anilines is 1. The fraction of sp³-hybridized carbons (Fsp3) is 0.182. The maximum atomic E-state index is 11.4. The molecular weight excluding hydrogens is 256 g/mol. The number of aromatic amines is 1. The van der Waals surface area contributed by atoms with Crippen molar-refractivity contribution in [3.8, 4) is 0 Å². The van der Waals surface area contributed by atoms with Crippen molar-refractivity contribution < 1.29 is 9.53 Å². The van der Waals surface area contributed by atoms with Gasteiger partial charge in [0.1, 0.15) is 12.9 Å². The Labute approximate surface area is 108 Å². The van der Waals surface area contributed by atoms with Gasteiger partial charge in [0.25, 0.3) is 5.91 Å². The highest BCUT2D eigenvalue weighted by Gasteiger charge is 2.05. The fourth-order valence-corrected chi connectivity index (χ4v) is 1.49. The quantitative estimate of drug-likeness (QED) is 0.862. The second-order valence-corrected chi connectivity index (χ2v) is 3.87. The van der Waals surface area contributed by atoms with Gasteiger partial charge in [-0.05, 0) is 11.6 Å². The lowest BCUT2D eigenvalue weighted by Crippen LogP contribution is -2.19. The molecule has 0 aliphatic heterocycles. The van der Waals surface area contributed by atoms with Gasteiger partial charge in [-0.25, -0.2) is 5.10 Å². The molecule has 7 heteroatoms. The molecule has 1 aromatic carbocycles. The van der Waals surface area contributed by atoms with Crippen LogP contribution in [0.2, 0.25) is 5.02 Å². The number of carbonyl (C=O) groups excluding carboxylic acids is 1. The summed E-state index contributed by atoms with van der Waals surface area (Å²) in [4.78, 5) is 15.2. The summed E-state index contributed by atoms with van der Waals surface area (Å²) in [7, 11) is 0. The molecule has 94 valence electrons. The van der Waals surface area contributed by atoms with Crippen LogP contribution in [0.4, 0.5) is 5.95 Å². The number of hydrogen-bond donors (Lipinski definition) is 2. The van der Waals surface area contributed by atoms with E-state index in [-0.39, 0.29) is 19.1 Å². The molecule has 1 heterocycles. The van der Waals surface area contributed by atoms with Crippen LogP contribution in [-0.2, 0) is 16.1 Å². The monoisotopic (exact) mass is 266 g/mol. The molecule has 0 radical (unpaired) electrons. The molecule has 18 heavy (non-hydrogen) atoms. The summed E-state index contributed by atoms with van der Waals surface area (Å²) in [6.07, 6.45) is 1.31. The van der Waals surface area contributed by atoms with Crippen LogP contribution in [0.25, 0.3) is 0 Å². The third-order valence-electron chi connectivity index (χ3n) is 2.12. The second-order valence-electron chi connectivity index (χ2n) is 3.47. The molecule has 1 aromatic heterocycles. The molecule has 6 nitrogen and oxygen atoms in total. The average Bonchev–Trinajstić information content (AvgIpc) is 2.84. The number of nitrogens with zero attached hydrogens (tertiary/aromatic N) is 2. The Morgan fingerprint density at radius 1 is 1.44 bits per heavy atom. The van der Waals surface area contributed by atoms with Gasteiger partial charge >= 0.3 is 0 Å². The van der Waals surface area contributed by atoms with Crippen LogP contribution in [0.1, 0.15) is 5.56 Å². The zero-order valence-corrected chi connectivity index (χ0v) is 10.1. The van der Waals surface area contributed by atoms with E-state index in [0.29, 0.717) is 11.0 Å². The molecule has 0 saturated heterocycles. The molecule has 0 bridgehead atoms. The van der Waals surface area contributed by atoms with Crippen molar-refractivity contribution in [3.05, 3.63) is 41.2 Å². The highest BCUT2D eigenvalue weighted by atomic mass is 35.5. The minimum absolute atomic E-state index is 0.0775. The molecule has 1 amide bonds. The Hall–Kier alpha value is -1.92. The van der Waals surface area contributed by atoms with Gasteiger partial charge in [0.2, 0.25) is 5.95 Å². The molecule has 0 atom stereocenters. The predicted molar refractivity (Wildman–Crippen MR) is 66.1 cm³/mol. The third kappa shape index (κ3) is 3.54. The number of H-pyrrole nitrogens is 1. The Morgan fingerprint density at radius 2 is 2.28 bits per heavy atom. The van der Waals surface area contributed by atoms with E-state index in [1.807, 2.05) is 18.2 Å². The SMILES string of the molecule is O=C(COCc1ccccc1Cl)Nc1ncn[nH]1. The number of rotatable bonds is 5. The standard InChI is InChI=1S/C11H11ClN4O2/c12-9-4-2-1-3-8(9)5-18-6-10(17)15-11-13-7-14-16-11/h1-4,7H,5-6H2,(H2,13,14,15,16,17). The van der Waals surface area contributed by atoms with Gasteiger partial charge in [-0.1, -0.05) is 29.8 Å². The van der Waals surface area contributed by atoms with Crippen molar-refractivity contribution in [1.29, 1.82) is 0 Å². The predicted octanol–water partition coefficient (Wildman–Crippen LogP) is 1.61. The van der Waals surface area contributed by atoms with Crippen molar-refractivity contribution in [1.82, 2.24) is 15.2 Å². The first-order valence-corrected chi connectivity index (χ1v) is 5.60. The smallest absolute Gasteiger partial charge is 0.252 e. The van der Waals surface area contributed by atoms with E-state index in [4.69, 9.17) is 16.3 Å². The Kier molecular flexibility index (Phi) is 4.27. The van der Waals surface area contributed by atoms with E-state index >= 15 is 0 Å². The highest BCUT2D eigenvalue weighted by molar-refractivity contribution is 6.31. The summed E-state index contributed by atoms with van der Waals surface area (Å²) in [5, 5.41) is 9.24. The van der Waals surface area contributed by atoms with E-state index in [0.717, 1.165) is 5.56 Å². The Morgan fingerprint density at radius 3 is 3.00 bits per heavy atom. The van der Waals surface area contributed by atoms with Crippen molar-refractivity contribution >= 4 is 23.5 Å². The van der Waals surface area contributed by atoms with E-state index in [9.17, 15) is 4.79 Å². The van der Waals surface area contributed by atoms with Crippen LogP contribution in [0.15, 0.2) is 30.6 Å². The minimum Gasteiger partial charge on any atom is -0.367 e. The van der Waals surface area contributed by atoms with E-state index in [1.165, 1.54) is 6.33 Å². The van der Waals surface area contributed by atoms with Crippen LogP contribution in [0, 0.1) is 0 Å². The van der Waals surface area contributed by atoms with E-state index in [2.05, 4.69) is 20.5 Å². The normalized spacial score (nSPS) is 10.3. The first kappa shape index (κ1) is 12.5. The lowest BCUT2D eigenvalue weighted by atomic mass is 10.2. The average molecular weight is 267 g/mol. The van der Waals surface area contributed by atoms with Gasteiger partial charge in [-0.3, -0.25) is 10.1 Å². The summed E-state index contributed by atoms with van der Waals surface area (Å²) in [5.41, 5.74) is 0.839. The molecule has 0 aliphatic carbocycles. The van der Waals surface area contributed by atoms with Gasteiger partial charge in [0.15, 0.2) is 0 Å². The zero-order valence-electron chi connectivity index (χ0n) is 9.39. The molecule has 2 aromatic rings. The second kappa shape index (κ2) is 6.13. The van der Waals surface area contributed by atoms with Gasteiger partial charge < -0.3 is 4.74 Å². The largest absolute Gasteiger partial charge is 0.367 e. The summed E-state index contributed by atoms with van der Waals surface area (Å²) in [6, 6.07) is 7.31. The summed E-state index contributed by atoms with van der Waals surface area (Å²) in [6.45, 7) is 0.204. The first-order valence-electron chi connectivity index (χ1n) is 5.22. The van der Waals surface area contributed by atoms with Crippen LogP contribution in [0.5, 0.6) is 0 Å². The number of carbonyl (C=O) groups is 1. The molecule has 0 spiro atoms.